The molecule has 3 aromatic rings. The van der Waals surface area contributed by atoms with Gasteiger partial charge >= 0.3 is 0 Å². The van der Waals surface area contributed by atoms with Crippen LogP contribution in [-0.2, 0) is 25.7 Å². The van der Waals surface area contributed by atoms with Gasteiger partial charge in [0.15, 0.2) is 5.78 Å². The van der Waals surface area contributed by atoms with Gasteiger partial charge in [0.1, 0.15) is 5.78 Å². The Bertz CT molecular complexity index is 1380. The summed E-state index contributed by atoms with van der Waals surface area (Å²) in [6.07, 6.45) is 4.46. The number of carbonyl (C=O) groups is 5. The van der Waals surface area contributed by atoms with Crippen molar-refractivity contribution in [2.45, 2.75) is 64.0 Å². The molecule has 8 nitrogen and oxygen atoms in total. The van der Waals surface area contributed by atoms with E-state index in [4.69, 9.17) is 0 Å². The first-order chi connectivity index (χ1) is 19.4. The molecule has 3 atom stereocenters. The van der Waals surface area contributed by atoms with Crippen LogP contribution in [0.5, 0.6) is 0 Å². The maximum absolute atomic E-state index is 13.6. The van der Waals surface area contributed by atoms with Crippen LogP contribution in [-0.4, -0.2) is 40.2 Å². The highest BCUT2D eigenvalue weighted by Gasteiger charge is 2.37. The van der Waals surface area contributed by atoms with E-state index in [2.05, 4.69) is 15.6 Å². The van der Waals surface area contributed by atoms with Gasteiger partial charge in [-0.15, -0.1) is 0 Å². The molecule has 1 heterocycles. The van der Waals surface area contributed by atoms with E-state index >= 15 is 0 Å². The van der Waals surface area contributed by atoms with Gasteiger partial charge in [0.2, 0.25) is 11.7 Å². The van der Waals surface area contributed by atoms with Gasteiger partial charge in [-0.25, -0.2) is 0 Å². The molecule has 2 aliphatic rings. The van der Waals surface area contributed by atoms with Crippen LogP contribution in [0.1, 0.15) is 67.4 Å². The fourth-order valence-electron chi connectivity index (χ4n) is 5.56. The van der Waals surface area contributed by atoms with E-state index in [1.165, 1.54) is 0 Å². The Hall–Kier alpha value is -4.07. The highest BCUT2D eigenvalue weighted by Crippen LogP contribution is 2.37. The molecule has 0 bridgehead atoms. The Morgan fingerprint density at radius 2 is 1.68 bits per heavy atom. The zero-order valence-electron chi connectivity index (χ0n) is 22.5. The first-order valence-corrected chi connectivity index (χ1v) is 14.2. The molecule has 1 aromatic heterocycles. The summed E-state index contributed by atoms with van der Waals surface area (Å²) in [5.41, 5.74) is 2.14. The molecule has 2 aliphatic carbocycles. The summed E-state index contributed by atoms with van der Waals surface area (Å²) >= 11 is 0. The highest BCUT2D eigenvalue weighted by molar-refractivity contribution is 6.38. The van der Waals surface area contributed by atoms with Gasteiger partial charge < -0.3 is 15.6 Å². The van der Waals surface area contributed by atoms with E-state index in [1.54, 1.807) is 6.07 Å². The van der Waals surface area contributed by atoms with Crippen molar-refractivity contribution in [3.8, 4) is 0 Å². The smallest absolute Gasteiger partial charge is 0.289 e. The van der Waals surface area contributed by atoms with Gasteiger partial charge in [0.25, 0.3) is 5.91 Å². The van der Waals surface area contributed by atoms with Crippen molar-refractivity contribution in [1.29, 1.82) is 0 Å². The van der Waals surface area contributed by atoms with Crippen LogP contribution in [0.15, 0.2) is 60.7 Å². The summed E-state index contributed by atoms with van der Waals surface area (Å²) in [7, 11) is 0. The standard InChI is InChI=1S/C32H35N3O5/c36-28-12-6-10-23(28)17-27(30(38)32(40)33-19-21-7-2-1-3-8-21)35-31(39)24(15-20-13-14-20)18-29(37)26-16-22-9-4-5-11-25(22)34-26/h1-5,7-9,11,16,20,23-24,27,34H,6,10,12-15,17-19H2,(H,33,40)(H,35,39)/t23-,24+,27-/m0/s1. The number of hydrogen-bond acceptors (Lipinski definition) is 5. The maximum atomic E-state index is 13.6. The van der Waals surface area contributed by atoms with E-state index in [0.717, 1.165) is 35.7 Å². The van der Waals surface area contributed by atoms with Crippen LogP contribution in [0.2, 0.25) is 0 Å². The van der Waals surface area contributed by atoms with Crippen molar-refractivity contribution < 1.29 is 24.0 Å². The number of fused-ring (bicyclic) bond motifs is 1. The topological polar surface area (TPSA) is 125 Å². The summed E-state index contributed by atoms with van der Waals surface area (Å²) in [6, 6.07) is 17.5. The SMILES string of the molecule is O=C(NCc1ccccc1)C(=O)[C@H](C[C@@H]1CCCC1=O)NC(=O)[C@@H](CC(=O)c1cc2ccccc2[nH]1)CC1CC1. The number of hydrogen-bond donors (Lipinski definition) is 3. The molecule has 0 aliphatic heterocycles. The molecule has 2 aromatic carbocycles. The Labute approximate surface area is 233 Å². The minimum absolute atomic E-state index is 0.00136. The molecule has 0 saturated heterocycles. The Kier molecular flexibility index (Phi) is 8.53. The number of H-pyrrole nitrogens is 1. The zero-order chi connectivity index (χ0) is 28.1. The fourth-order valence-corrected chi connectivity index (χ4v) is 5.56. The number of para-hydroxylation sites is 1. The third-order valence-corrected chi connectivity index (χ3v) is 8.05. The second kappa shape index (κ2) is 12.4. The average Bonchev–Trinajstić information content (AvgIpc) is 3.53. The largest absolute Gasteiger partial charge is 0.352 e. The number of amides is 2. The quantitative estimate of drug-likeness (QED) is 0.220. The second-order valence-corrected chi connectivity index (χ2v) is 11.2. The van der Waals surface area contributed by atoms with Crippen LogP contribution in [0, 0.1) is 17.8 Å². The van der Waals surface area contributed by atoms with Gasteiger partial charge in [-0.3, -0.25) is 24.0 Å². The van der Waals surface area contributed by atoms with Crippen molar-refractivity contribution >= 4 is 40.1 Å². The normalized spacial score (nSPS) is 18.3. The average molecular weight is 542 g/mol. The Balaban J connectivity index is 1.29. The number of aromatic nitrogens is 1. The van der Waals surface area contributed by atoms with Crippen LogP contribution >= 0.6 is 0 Å². The maximum Gasteiger partial charge on any atom is 0.289 e. The Morgan fingerprint density at radius 1 is 0.925 bits per heavy atom. The predicted octanol–water partition coefficient (Wildman–Crippen LogP) is 4.29. The molecule has 2 fully saturated rings. The lowest BCUT2D eigenvalue weighted by Crippen LogP contribution is -2.50. The van der Waals surface area contributed by atoms with Crippen molar-refractivity contribution in [3.63, 3.8) is 0 Å². The zero-order valence-corrected chi connectivity index (χ0v) is 22.5. The fraction of sp³-hybridized carbons (Fsp3) is 0.406. The number of benzene rings is 2. The molecule has 208 valence electrons. The predicted molar refractivity (Wildman–Crippen MR) is 150 cm³/mol. The van der Waals surface area contributed by atoms with Gasteiger partial charge in [-0.1, -0.05) is 61.4 Å². The first kappa shape index (κ1) is 27.5. The minimum Gasteiger partial charge on any atom is -0.352 e. The number of ketones is 3. The van der Waals surface area contributed by atoms with Crippen molar-refractivity contribution in [3.05, 3.63) is 71.9 Å². The Morgan fingerprint density at radius 3 is 2.38 bits per heavy atom. The van der Waals surface area contributed by atoms with Crippen LogP contribution in [0.25, 0.3) is 10.9 Å². The molecule has 2 saturated carbocycles. The lowest BCUT2D eigenvalue weighted by atomic mass is 9.91. The van der Waals surface area contributed by atoms with E-state index in [9.17, 15) is 24.0 Å². The molecule has 2 amide bonds. The number of carbonyl (C=O) groups excluding carboxylic acids is 5. The molecular formula is C32H35N3O5. The summed E-state index contributed by atoms with van der Waals surface area (Å²) in [5, 5.41) is 6.36. The van der Waals surface area contributed by atoms with Crippen molar-refractivity contribution in [2.24, 2.45) is 17.8 Å². The van der Waals surface area contributed by atoms with E-state index < -0.39 is 29.6 Å². The third kappa shape index (κ3) is 6.92. The number of nitrogens with one attached hydrogen (secondary N) is 3. The summed E-state index contributed by atoms with van der Waals surface area (Å²) < 4.78 is 0. The van der Waals surface area contributed by atoms with Crippen LogP contribution in [0.4, 0.5) is 0 Å². The molecule has 40 heavy (non-hydrogen) atoms. The van der Waals surface area contributed by atoms with E-state index in [0.29, 0.717) is 30.9 Å². The second-order valence-electron chi connectivity index (χ2n) is 11.2. The summed E-state index contributed by atoms with van der Waals surface area (Å²) in [4.78, 5) is 68.4. The lowest BCUT2D eigenvalue weighted by Gasteiger charge is -2.23. The van der Waals surface area contributed by atoms with Crippen molar-refractivity contribution in [2.75, 3.05) is 0 Å². The molecule has 0 unspecified atom stereocenters. The van der Waals surface area contributed by atoms with Gasteiger partial charge in [0.05, 0.1) is 11.7 Å². The van der Waals surface area contributed by atoms with Gasteiger partial charge in [-0.05, 0) is 49.3 Å². The number of rotatable bonds is 13. The lowest BCUT2D eigenvalue weighted by molar-refractivity contribution is -0.141. The summed E-state index contributed by atoms with van der Waals surface area (Å²) in [5.74, 6) is -2.74. The van der Waals surface area contributed by atoms with E-state index in [-0.39, 0.29) is 36.9 Å². The van der Waals surface area contributed by atoms with Crippen LogP contribution < -0.4 is 10.6 Å². The first-order valence-electron chi connectivity index (χ1n) is 14.2. The molecular weight excluding hydrogens is 506 g/mol. The van der Waals surface area contributed by atoms with Crippen molar-refractivity contribution in [1.82, 2.24) is 15.6 Å². The minimum atomic E-state index is -1.12. The highest BCUT2D eigenvalue weighted by atomic mass is 16.2. The third-order valence-electron chi connectivity index (χ3n) is 8.05. The van der Waals surface area contributed by atoms with Crippen LogP contribution in [0.3, 0.4) is 0 Å². The van der Waals surface area contributed by atoms with Gasteiger partial charge in [-0.2, -0.15) is 0 Å². The monoisotopic (exact) mass is 541 g/mol. The van der Waals surface area contributed by atoms with E-state index in [1.807, 2.05) is 54.6 Å². The summed E-state index contributed by atoms with van der Waals surface area (Å²) in [6.45, 7) is 0.178. The molecule has 3 N–H and O–H groups in total. The molecule has 5 rings (SSSR count). The van der Waals surface area contributed by atoms with Gasteiger partial charge in [0, 0.05) is 42.1 Å². The molecule has 8 heteroatoms. The number of Topliss-reactive ketones (excluding diaryl/α,β-unsaturated/α-hetero) is 3. The number of aromatic amines is 1. The molecule has 0 radical (unpaired) electrons. The molecule has 0 spiro atoms.